The van der Waals surface area contributed by atoms with Crippen molar-refractivity contribution >= 4 is 28.8 Å². The van der Waals surface area contributed by atoms with Gasteiger partial charge in [0.1, 0.15) is 0 Å². The van der Waals surface area contributed by atoms with Gasteiger partial charge in [-0.1, -0.05) is 0 Å². The number of rotatable bonds is 5. The van der Waals surface area contributed by atoms with Gasteiger partial charge in [0.05, 0.1) is 38.6 Å². The Morgan fingerprint density at radius 1 is 1.46 bits per heavy atom. The number of nitro benzene ring substituents is 1. The first kappa shape index (κ1) is 16.1. The van der Waals surface area contributed by atoms with E-state index in [9.17, 15) is 10.1 Å². The van der Waals surface area contributed by atoms with Crippen molar-refractivity contribution in [3.8, 4) is 6.07 Å². The maximum absolute atomic E-state index is 11.1. The van der Waals surface area contributed by atoms with E-state index >= 15 is 0 Å². The largest absolute Gasteiger partial charge is 0.415 e. The quantitative estimate of drug-likeness (QED) is 0.502. The Balaban J connectivity index is 1.82. The normalized spacial score (nSPS) is 10.5. The maximum Gasteiger partial charge on any atom is 0.283 e. The summed E-state index contributed by atoms with van der Waals surface area (Å²) in [5.41, 5.74) is 1.03. The van der Waals surface area contributed by atoms with Crippen molar-refractivity contribution in [2.45, 2.75) is 23.5 Å². The molecule has 0 unspecified atom stereocenters. The van der Waals surface area contributed by atoms with E-state index in [2.05, 4.69) is 15.2 Å². The third-order valence-electron chi connectivity index (χ3n) is 2.93. The van der Waals surface area contributed by atoms with Crippen LogP contribution in [0.1, 0.15) is 22.2 Å². The minimum atomic E-state index is -0.515. The van der Waals surface area contributed by atoms with E-state index in [1.807, 2.05) is 18.4 Å². The summed E-state index contributed by atoms with van der Waals surface area (Å²) in [6, 6.07) is 6.06. The van der Waals surface area contributed by atoms with Crippen LogP contribution in [0, 0.1) is 28.4 Å². The fourth-order valence-corrected chi connectivity index (χ4v) is 3.36. The van der Waals surface area contributed by atoms with Gasteiger partial charge in [-0.25, -0.2) is 4.98 Å². The van der Waals surface area contributed by atoms with E-state index in [4.69, 9.17) is 9.68 Å². The number of hydrogen-bond donors (Lipinski definition) is 0. The fraction of sp³-hybridized carbons (Fsp3) is 0.143. The lowest BCUT2D eigenvalue weighted by atomic mass is 10.2. The summed E-state index contributed by atoms with van der Waals surface area (Å²) in [5, 5.41) is 30.9. The molecule has 24 heavy (non-hydrogen) atoms. The maximum atomic E-state index is 11.1. The highest BCUT2D eigenvalue weighted by Gasteiger charge is 2.19. The molecule has 0 saturated carbocycles. The average Bonchev–Trinajstić information content (AvgIpc) is 3.16. The lowest BCUT2D eigenvalue weighted by Crippen LogP contribution is -1.91. The number of aryl methyl sites for hydroxylation is 1. The molecule has 0 aliphatic rings. The minimum Gasteiger partial charge on any atom is -0.415 e. The van der Waals surface area contributed by atoms with E-state index in [-0.39, 0.29) is 15.8 Å². The molecular weight excluding hydrogens is 350 g/mol. The third kappa shape index (κ3) is 3.58. The van der Waals surface area contributed by atoms with Crippen LogP contribution in [-0.4, -0.2) is 20.1 Å². The summed E-state index contributed by atoms with van der Waals surface area (Å²) in [5.74, 6) is 0.377. The van der Waals surface area contributed by atoms with Crippen LogP contribution in [0.3, 0.4) is 0 Å². The van der Waals surface area contributed by atoms with Crippen LogP contribution in [0.15, 0.2) is 38.1 Å². The number of hydrogen-bond acceptors (Lipinski definition) is 9. The first-order valence-electron chi connectivity index (χ1n) is 6.65. The summed E-state index contributed by atoms with van der Waals surface area (Å²) in [7, 11) is 0. The van der Waals surface area contributed by atoms with Gasteiger partial charge in [0.25, 0.3) is 10.9 Å². The summed E-state index contributed by atoms with van der Waals surface area (Å²) in [4.78, 5) is 15.2. The summed E-state index contributed by atoms with van der Waals surface area (Å²) >= 11 is 2.49. The zero-order chi connectivity index (χ0) is 17.1. The van der Waals surface area contributed by atoms with Gasteiger partial charge in [0, 0.05) is 11.4 Å². The molecule has 0 spiro atoms. The molecule has 8 nitrogen and oxygen atoms in total. The topological polar surface area (TPSA) is 119 Å². The Morgan fingerprint density at radius 3 is 2.96 bits per heavy atom. The first-order valence-corrected chi connectivity index (χ1v) is 8.34. The van der Waals surface area contributed by atoms with Crippen molar-refractivity contribution < 1.29 is 9.34 Å². The fourth-order valence-electron chi connectivity index (χ4n) is 1.91. The van der Waals surface area contributed by atoms with Gasteiger partial charge in [0.2, 0.25) is 5.89 Å². The van der Waals surface area contributed by atoms with Gasteiger partial charge in [-0.15, -0.1) is 21.5 Å². The van der Waals surface area contributed by atoms with Crippen molar-refractivity contribution in [1.82, 2.24) is 15.2 Å². The molecule has 3 rings (SSSR count). The van der Waals surface area contributed by atoms with Crippen LogP contribution in [0.4, 0.5) is 5.69 Å². The van der Waals surface area contributed by atoms with Crippen molar-refractivity contribution in [1.29, 1.82) is 5.26 Å². The zero-order valence-corrected chi connectivity index (χ0v) is 13.9. The molecule has 0 radical (unpaired) electrons. The van der Waals surface area contributed by atoms with Crippen molar-refractivity contribution in [3.63, 3.8) is 0 Å². The monoisotopic (exact) mass is 359 g/mol. The molecule has 2 aromatic heterocycles. The molecule has 0 N–H and O–H groups in total. The predicted octanol–water partition coefficient (Wildman–Crippen LogP) is 3.36. The molecule has 3 aromatic rings. The smallest absolute Gasteiger partial charge is 0.283 e. The molecule has 0 fully saturated rings. The minimum absolute atomic E-state index is 0.117. The number of nitro groups is 1. The Hall–Kier alpha value is -2.77. The molecule has 0 atom stereocenters. The van der Waals surface area contributed by atoms with E-state index in [1.54, 1.807) is 0 Å². The second kappa shape index (κ2) is 6.77. The lowest BCUT2D eigenvalue weighted by molar-refractivity contribution is -0.387. The van der Waals surface area contributed by atoms with Crippen LogP contribution in [-0.2, 0) is 6.42 Å². The molecule has 0 aliphatic heterocycles. The van der Waals surface area contributed by atoms with Gasteiger partial charge in [-0.3, -0.25) is 10.1 Å². The van der Waals surface area contributed by atoms with Crippen LogP contribution in [0.5, 0.6) is 0 Å². The Labute approximate surface area is 144 Å². The van der Waals surface area contributed by atoms with Gasteiger partial charge in [-0.2, -0.15) is 5.26 Å². The molecule has 0 aliphatic carbocycles. The van der Waals surface area contributed by atoms with Gasteiger partial charge in [-0.05, 0) is 30.8 Å². The highest BCUT2D eigenvalue weighted by molar-refractivity contribution is 7.99. The molecule has 0 bridgehead atoms. The van der Waals surface area contributed by atoms with Crippen molar-refractivity contribution in [2.24, 2.45) is 0 Å². The third-order valence-corrected chi connectivity index (χ3v) is 4.64. The van der Waals surface area contributed by atoms with Crippen LogP contribution in [0.2, 0.25) is 0 Å². The van der Waals surface area contributed by atoms with Gasteiger partial charge < -0.3 is 4.42 Å². The summed E-state index contributed by atoms with van der Waals surface area (Å²) in [6.07, 6.45) is 0.401. The molecule has 10 heteroatoms. The van der Waals surface area contributed by atoms with Crippen molar-refractivity contribution in [2.75, 3.05) is 0 Å². The average molecular weight is 359 g/mol. The van der Waals surface area contributed by atoms with E-state index in [0.29, 0.717) is 17.9 Å². The van der Waals surface area contributed by atoms with Gasteiger partial charge in [0.15, 0.2) is 0 Å². The number of aromatic nitrogens is 3. The molecule has 2 heterocycles. The molecular formula is C14H9N5O3S2. The predicted molar refractivity (Wildman–Crippen MR) is 85.9 cm³/mol. The van der Waals surface area contributed by atoms with Gasteiger partial charge >= 0.3 is 0 Å². The summed E-state index contributed by atoms with van der Waals surface area (Å²) in [6.45, 7) is 1.91. The highest BCUT2D eigenvalue weighted by atomic mass is 32.2. The van der Waals surface area contributed by atoms with E-state index < -0.39 is 4.92 Å². The Morgan fingerprint density at radius 2 is 2.29 bits per heavy atom. The number of benzene rings is 1. The van der Waals surface area contributed by atoms with Crippen LogP contribution >= 0.6 is 23.1 Å². The number of thiazole rings is 1. The second-order valence-electron chi connectivity index (χ2n) is 4.65. The zero-order valence-electron chi connectivity index (χ0n) is 12.3. The number of nitrogens with zero attached hydrogens (tertiary/aromatic N) is 5. The molecule has 1 aromatic carbocycles. The lowest BCUT2D eigenvalue weighted by Gasteiger charge is -1.99. The van der Waals surface area contributed by atoms with Crippen LogP contribution in [0.25, 0.3) is 0 Å². The molecule has 0 saturated heterocycles. The molecule has 0 amide bonds. The SMILES string of the molecule is Cc1nc(Cc2nnc(Sc3cc(C#N)ccc3[N+](=O)[O-])o2)cs1. The highest BCUT2D eigenvalue weighted by Crippen LogP contribution is 2.34. The Kier molecular flexibility index (Phi) is 4.54. The Bertz CT molecular complexity index is 944. The first-order chi connectivity index (χ1) is 11.5. The van der Waals surface area contributed by atoms with Crippen molar-refractivity contribution in [3.05, 3.63) is 55.8 Å². The number of nitriles is 1. The molecule has 120 valence electrons. The summed E-state index contributed by atoms with van der Waals surface area (Å²) < 4.78 is 5.51. The van der Waals surface area contributed by atoms with Crippen LogP contribution < -0.4 is 0 Å². The second-order valence-corrected chi connectivity index (χ2v) is 6.71. The van der Waals surface area contributed by atoms with E-state index in [1.165, 1.54) is 29.5 Å². The standard InChI is InChI=1S/C14H9N5O3S2/c1-8-16-10(7-23-8)5-13-17-18-14(22-13)24-12-4-9(6-15)2-3-11(12)19(20)21/h2-4,7H,5H2,1H3. The van der Waals surface area contributed by atoms with E-state index in [0.717, 1.165) is 22.5 Å².